The molecule has 4 heteroatoms. The zero-order valence-corrected chi connectivity index (χ0v) is 13.1. The number of hydrogen-bond donors (Lipinski definition) is 0. The maximum Gasteiger partial charge on any atom is 0.252 e. The molecule has 1 aromatic rings. The molecule has 1 amide bonds. The predicted molar refractivity (Wildman–Crippen MR) is 81.9 cm³/mol. The van der Waals surface area contributed by atoms with E-state index in [1.165, 1.54) is 4.90 Å². The molecule has 20 heavy (non-hydrogen) atoms. The van der Waals surface area contributed by atoms with Gasteiger partial charge in [0.05, 0.1) is 0 Å². The van der Waals surface area contributed by atoms with Crippen molar-refractivity contribution in [3.05, 3.63) is 30.3 Å². The molecule has 0 spiro atoms. The molecule has 1 rings (SSSR count). The summed E-state index contributed by atoms with van der Waals surface area (Å²) in [4.78, 5) is 24.6. The van der Waals surface area contributed by atoms with Crippen LogP contribution in [0.1, 0.15) is 27.7 Å². The van der Waals surface area contributed by atoms with E-state index >= 15 is 0 Å². The molecule has 1 aromatic carbocycles. The fourth-order valence-corrected chi connectivity index (χ4v) is 1.30. The molecule has 0 saturated heterocycles. The number of Topliss-reactive ketones (excluding diaryl/α,β-unsaturated/α-hetero) is 1. The third-order valence-corrected chi connectivity index (χ3v) is 2.63. The monoisotopic (exact) mass is 279 g/mol. The molecule has 0 aromatic heterocycles. The maximum absolute atomic E-state index is 11.8. The van der Waals surface area contributed by atoms with E-state index in [0.717, 1.165) is 5.69 Å². The first-order chi connectivity index (χ1) is 9.52. The van der Waals surface area contributed by atoms with E-state index < -0.39 is 0 Å². The van der Waals surface area contributed by atoms with Gasteiger partial charge in [-0.1, -0.05) is 45.9 Å². The quantitative estimate of drug-likeness (QED) is 0.804. The summed E-state index contributed by atoms with van der Waals surface area (Å²) in [6.07, 6.45) is 0. The van der Waals surface area contributed by atoms with E-state index in [1.807, 2.05) is 58.0 Å². The zero-order chi connectivity index (χ0) is 15.5. The molecule has 0 atom stereocenters. The molecule has 0 fully saturated rings. The predicted octanol–water partition coefficient (Wildman–Crippen LogP) is 2.92. The van der Waals surface area contributed by atoms with Gasteiger partial charge in [-0.3, -0.25) is 9.59 Å². The van der Waals surface area contributed by atoms with Crippen LogP contribution in [0.4, 0.5) is 5.69 Å². The summed E-state index contributed by atoms with van der Waals surface area (Å²) >= 11 is 0. The summed E-state index contributed by atoms with van der Waals surface area (Å²) in [7, 11) is 1.69. The van der Waals surface area contributed by atoms with Crippen molar-refractivity contribution in [1.29, 1.82) is 0 Å². The Bertz CT molecular complexity index is 401. The van der Waals surface area contributed by atoms with Crippen LogP contribution in [0.15, 0.2) is 30.3 Å². The second-order valence-electron chi connectivity index (χ2n) is 4.40. The summed E-state index contributed by atoms with van der Waals surface area (Å²) in [5, 5.41) is 0. The average Bonchev–Trinajstić information content (AvgIpc) is 2.49. The molecule has 0 aliphatic carbocycles. The third kappa shape index (κ3) is 6.48. The Hall–Kier alpha value is -1.68. The number of benzene rings is 1. The first kappa shape index (κ1) is 18.3. The van der Waals surface area contributed by atoms with Gasteiger partial charge in [-0.15, -0.1) is 0 Å². The Morgan fingerprint density at radius 2 is 1.65 bits per heavy atom. The number of anilines is 1. The number of amides is 1. The molecule has 4 nitrogen and oxygen atoms in total. The van der Waals surface area contributed by atoms with Crippen molar-refractivity contribution < 1.29 is 14.3 Å². The van der Waals surface area contributed by atoms with Gasteiger partial charge >= 0.3 is 0 Å². The van der Waals surface area contributed by atoms with Gasteiger partial charge in [0.2, 0.25) is 0 Å². The van der Waals surface area contributed by atoms with Gasteiger partial charge in [-0.05, 0) is 12.1 Å². The summed E-state index contributed by atoms with van der Waals surface area (Å²) < 4.78 is 5.12. The molecule has 0 radical (unpaired) electrons. The average molecular weight is 279 g/mol. The van der Waals surface area contributed by atoms with Crippen LogP contribution >= 0.6 is 0 Å². The second kappa shape index (κ2) is 10.1. The molecule has 0 N–H and O–H groups in total. The fourth-order valence-electron chi connectivity index (χ4n) is 1.30. The van der Waals surface area contributed by atoms with E-state index in [2.05, 4.69) is 0 Å². The molecular weight excluding hydrogens is 254 g/mol. The maximum atomic E-state index is 11.8. The smallest absolute Gasteiger partial charge is 0.252 e. The number of nitrogens with zero attached hydrogens (tertiary/aromatic N) is 1. The molecule has 0 aliphatic heterocycles. The molecule has 0 aliphatic rings. The van der Waals surface area contributed by atoms with Gasteiger partial charge in [0, 0.05) is 18.7 Å². The van der Waals surface area contributed by atoms with Crippen molar-refractivity contribution in [2.24, 2.45) is 5.92 Å². The van der Waals surface area contributed by atoms with Gasteiger partial charge in [0.1, 0.15) is 13.2 Å². The van der Waals surface area contributed by atoms with Crippen molar-refractivity contribution in [3.63, 3.8) is 0 Å². The number of carbonyl (C=O) groups is 2. The van der Waals surface area contributed by atoms with Gasteiger partial charge in [0.15, 0.2) is 5.78 Å². The van der Waals surface area contributed by atoms with E-state index in [4.69, 9.17) is 4.74 Å². The molecule has 0 unspecified atom stereocenters. The number of carbonyl (C=O) groups excluding carboxylic acids is 2. The summed E-state index contributed by atoms with van der Waals surface area (Å²) in [5.41, 5.74) is 0.807. The molecule has 0 saturated carbocycles. The van der Waals surface area contributed by atoms with Crippen molar-refractivity contribution in [2.75, 3.05) is 25.2 Å². The number of ketones is 1. The minimum absolute atomic E-state index is 0.00478. The summed E-state index contributed by atoms with van der Waals surface area (Å²) in [6, 6.07) is 9.30. The van der Waals surface area contributed by atoms with Gasteiger partial charge in [-0.2, -0.15) is 0 Å². The van der Waals surface area contributed by atoms with Crippen molar-refractivity contribution >= 4 is 17.4 Å². The lowest BCUT2D eigenvalue weighted by Crippen LogP contribution is -2.31. The highest BCUT2D eigenvalue weighted by molar-refractivity contribution is 5.93. The zero-order valence-electron chi connectivity index (χ0n) is 13.1. The largest absolute Gasteiger partial charge is 0.364 e. The fraction of sp³-hybridized carbons (Fsp3) is 0.500. The van der Waals surface area contributed by atoms with E-state index in [0.29, 0.717) is 0 Å². The van der Waals surface area contributed by atoms with Crippen LogP contribution in [-0.4, -0.2) is 32.0 Å². The van der Waals surface area contributed by atoms with Crippen molar-refractivity contribution in [1.82, 2.24) is 0 Å². The summed E-state index contributed by atoms with van der Waals surface area (Å²) in [5.74, 6) is -0.227. The first-order valence-corrected chi connectivity index (χ1v) is 6.94. The SMILES string of the molecule is CC.CC(C)C(=O)COCC(=O)N(C)c1ccccc1. The lowest BCUT2D eigenvalue weighted by Gasteiger charge is -2.17. The van der Waals surface area contributed by atoms with Gasteiger partial charge in [-0.25, -0.2) is 0 Å². The van der Waals surface area contributed by atoms with E-state index in [1.54, 1.807) is 7.05 Å². The Morgan fingerprint density at radius 1 is 1.10 bits per heavy atom. The highest BCUT2D eigenvalue weighted by Crippen LogP contribution is 2.10. The summed E-state index contributed by atoms with van der Waals surface area (Å²) in [6.45, 7) is 7.53. The number of para-hydroxylation sites is 1. The minimum Gasteiger partial charge on any atom is -0.364 e. The van der Waals surface area contributed by atoms with Crippen LogP contribution in [0, 0.1) is 5.92 Å². The lowest BCUT2D eigenvalue weighted by atomic mass is 10.1. The number of ether oxygens (including phenoxy) is 1. The van der Waals surface area contributed by atoms with Crippen molar-refractivity contribution in [3.8, 4) is 0 Å². The Kier molecular flexibility index (Phi) is 9.30. The van der Waals surface area contributed by atoms with E-state index in [9.17, 15) is 9.59 Å². The molecule has 112 valence electrons. The molecular formula is C16H25NO3. The normalized spacial score (nSPS) is 9.70. The van der Waals surface area contributed by atoms with Gasteiger partial charge in [0.25, 0.3) is 5.91 Å². The first-order valence-electron chi connectivity index (χ1n) is 6.94. The number of likely N-dealkylation sites (N-methyl/N-ethyl adjacent to an activating group) is 1. The highest BCUT2D eigenvalue weighted by Gasteiger charge is 2.12. The third-order valence-electron chi connectivity index (χ3n) is 2.63. The van der Waals surface area contributed by atoms with Crippen LogP contribution in [0.3, 0.4) is 0 Å². The van der Waals surface area contributed by atoms with Gasteiger partial charge < -0.3 is 9.64 Å². The Labute approximate surface area is 121 Å². The second-order valence-corrected chi connectivity index (χ2v) is 4.40. The number of rotatable bonds is 6. The highest BCUT2D eigenvalue weighted by atomic mass is 16.5. The molecule has 0 bridgehead atoms. The topological polar surface area (TPSA) is 46.6 Å². The standard InChI is InChI=1S/C14H19NO3.C2H6/c1-11(2)13(16)9-18-10-14(17)15(3)12-7-5-4-6-8-12;1-2/h4-8,11H,9-10H2,1-3H3;1-2H3. The van der Waals surface area contributed by atoms with E-state index in [-0.39, 0.29) is 30.8 Å². The lowest BCUT2D eigenvalue weighted by molar-refractivity contribution is -0.130. The van der Waals surface area contributed by atoms with Crippen LogP contribution in [-0.2, 0) is 14.3 Å². The van der Waals surface area contributed by atoms with Crippen molar-refractivity contribution in [2.45, 2.75) is 27.7 Å². The van der Waals surface area contributed by atoms with Crippen LogP contribution in [0.25, 0.3) is 0 Å². The Morgan fingerprint density at radius 3 is 2.15 bits per heavy atom. The Balaban J connectivity index is 0.00000172. The van der Waals surface area contributed by atoms with Crippen LogP contribution in [0.2, 0.25) is 0 Å². The molecule has 0 heterocycles. The number of hydrogen-bond acceptors (Lipinski definition) is 3. The minimum atomic E-state index is -0.169. The van der Waals surface area contributed by atoms with Crippen LogP contribution < -0.4 is 4.90 Å². The van der Waals surface area contributed by atoms with Crippen LogP contribution in [0.5, 0.6) is 0 Å².